The average Bonchev–Trinajstić information content (AvgIpc) is 2.78. The van der Waals surface area contributed by atoms with Crippen LogP contribution >= 0.6 is 0 Å². The minimum Gasteiger partial charge on any atom is -0.396 e. The van der Waals surface area contributed by atoms with Gasteiger partial charge in [0.15, 0.2) is 0 Å². The van der Waals surface area contributed by atoms with E-state index in [1.165, 1.54) is 70.6 Å². The normalized spacial score (nSPS) is 13.0. The van der Waals surface area contributed by atoms with Crippen LogP contribution in [0.2, 0.25) is 0 Å². The molecule has 0 aliphatic heterocycles. The fraction of sp³-hybridized carbons (Fsp3) is 0.760. The number of rotatable bonds is 20. The number of aliphatic hydroxyl groups excluding tert-OH is 1. The molecule has 1 aromatic rings. The lowest BCUT2D eigenvalue weighted by Gasteiger charge is -2.22. The topological polar surface area (TPSA) is 78.2 Å². The molecule has 0 spiro atoms. The molecule has 0 fully saturated rings. The van der Waals surface area contributed by atoms with Crippen LogP contribution in [0.25, 0.3) is 10.4 Å². The molecule has 0 saturated carbocycles. The lowest BCUT2D eigenvalue weighted by Crippen LogP contribution is -2.30. The maximum absolute atomic E-state index is 9.58. The molecule has 0 saturated heterocycles. The molecule has 2 atom stereocenters. The van der Waals surface area contributed by atoms with E-state index < -0.39 is 6.04 Å². The Bertz CT molecular complexity index is 547. The lowest BCUT2D eigenvalue weighted by molar-refractivity contribution is 0.00410. The van der Waals surface area contributed by atoms with Crippen molar-refractivity contribution in [3.8, 4) is 0 Å². The molecule has 0 bridgehead atoms. The van der Waals surface area contributed by atoms with E-state index in [0.29, 0.717) is 6.61 Å². The third-order valence-corrected chi connectivity index (χ3v) is 5.72. The molecule has 30 heavy (non-hydrogen) atoms. The van der Waals surface area contributed by atoms with Crippen molar-refractivity contribution in [3.05, 3.63) is 46.3 Å². The predicted molar refractivity (Wildman–Crippen MR) is 125 cm³/mol. The zero-order chi connectivity index (χ0) is 21.7. The van der Waals surface area contributed by atoms with Crippen LogP contribution in [0.3, 0.4) is 0 Å². The largest absolute Gasteiger partial charge is 0.396 e. The summed E-state index contributed by atoms with van der Waals surface area (Å²) in [5.74, 6) is 0. The first kappa shape index (κ1) is 26.5. The summed E-state index contributed by atoms with van der Waals surface area (Å²) in [5.41, 5.74) is 9.87. The van der Waals surface area contributed by atoms with E-state index in [0.717, 1.165) is 24.8 Å². The molecule has 0 aliphatic carbocycles. The molecular formula is C25H43N3O2. The Kier molecular flexibility index (Phi) is 17.1. The van der Waals surface area contributed by atoms with Gasteiger partial charge in [0.25, 0.3) is 0 Å². The third kappa shape index (κ3) is 13.6. The number of ether oxygens (including phenoxy) is 1. The number of hydrogen-bond donors (Lipinski definition) is 1. The van der Waals surface area contributed by atoms with E-state index in [1.54, 1.807) is 0 Å². The summed E-state index contributed by atoms with van der Waals surface area (Å²) in [6, 6.07) is 9.46. The smallest absolute Gasteiger partial charge is 0.0867 e. The Morgan fingerprint density at radius 3 is 1.90 bits per heavy atom. The first-order chi connectivity index (χ1) is 14.8. The Balaban J connectivity index is 2.15. The van der Waals surface area contributed by atoms with Gasteiger partial charge in [-0.05, 0) is 17.5 Å². The van der Waals surface area contributed by atoms with E-state index in [1.807, 2.05) is 30.3 Å². The van der Waals surface area contributed by atoms with E-state index in [4.69, 9.17) is 10.3 Å². The SMILES string of the molecule is CCCCCCCCCCCCCCC[C@@H](OCc1ccccc1)[C@H](CO)N=[N+]=[N-]. The summed E-state index contributed by atoms with van der Waals surface area (Å²) in [4.78, 5) is 2.88. The molecule has 0 aliphatic rings. The van der Waals surface area contributed by atoms with Gasteiger partial charge in [-0.3, -0.25) is 0 Å². The summed E-state index contributed by atoms with van der Waals surface area (Å²) in [6.07, 6.45) is 17.7. The van der Waals surface area contributed by atoms with Crippen molar-refractivity contribution in [1.29, 1.82) is 0 Å². The van der Waals surface area contributed by atoms with Gasteiger partial charge in [0.1, 0.15) is 0 Å². The van der Waals surface area contributed by atoms with Crippen LogP contribution in [0, 0.1) is 0 Å². The number of azide groups is 1. The minimum atomic E-state index is -0.518. The summed E-state index contributed by atoms with van der Waals surface area (Å²) in [5, 5.41) is 13.3. The second-order valence-corrected chi connectivity index (χ2v) is 8.32. The van der Waals surface area contributed by atoms with Crippen molar-refractivity contribution >= 4 is 0 Å². The molecule has 5 nitrogen and oxygen atoms in total. The fourth-order valence-electron chi connectivity index (χ4n) is 3.82. The highest BCUT2D eigenvalue weighted by atomic mass is 16.5. The molecule has 1 aromatic carbocycles. The van der Waals surface area contributed by atoms with Gasteiger partial charge >= 0.3 is 0 Å². The van der Waals surface area contributed by atoms with Crippen molar-refractivity contribution in [2.75, 3.05) is 6.61 Å². The Hall–Kier alpha value is -1.55. The number of unbranched alkanes of at least 4 members (excludes halogenated alkanes) is 12. The van der Waals surface area contributed by atoms with Gasteiger partial charge < -0.3 is 9.84 Å². The molecule has 0 amide bonds. The predicted octanol–water partition coefficient (Wildman–Crippen LogP) is 7.72. The highest BCUT2D eigenvalue weighted by Crippen LogP contribution is 2.18. The fourth-order valence-corrected chi connectivity index (χ4v) is 3.82. The summed E-state index contributed by atoms with van der Waals surface area (Å²) in [6.45, 7) is 2.56. The molecule has 5 heteroatoms. The van der Waals surface area contributed by atoms with Crippen LogP contribution in [0.1, 0.15) is 102 Å². The summed E-state index contributed by atoms with van der Waals surface area (Å²) < 4.78 is 6.02. The van der Waals surface area contributed by atoms with Crippen LogP contribution in [0.4, 0.5) is 0 Å². The standard InChI is InChI=1S/C25H43N3O2/c1-2-3-4-5-6-7-8-9-10-11-12-13-17-20-25(24(21-29)27-28-26)30-22-23-18-15-14-16-19-23/h14-16,18-19,24-25,29H,2-13,17,20-22H2,1H3/t24-,25+/m0/s1. The number of benzene rings is 1. The van der Waals surface area contributed by atoms with Gasteiger partial charge in [-0.25, -0.2) is 0 Å². The van der Waals surface area contributed by atoms with Crippen LogP contribution in [0.5, 0.6) is 0 Å². The van der Waals surface area contributed by atoms with Gasteiger partial charge in [-0.1, -0.05) is 126 Å². The maximum atomic E-state index is 9.58. The Morgan fingerprint density at radius 1 is 0.867 bits per heavy atom. The van der Waals surface area contributed by atoms with Gasteiger partial charge in [0.05, 0.1) is 25.4 Å². The second kappa shape index (κ2) is 19.4. The lowest BCUT2D eigenvalue weighted by atomic mass is 10.0. The molecule has 0 aromatic heterocycles. The van der Waals surface area contributed by atoms with Crippen molar-refractivity contribution in [2.45, 2.75) is 116 Å². The van der Waals surface area contributed by atoms with E-state index >= 15 is 0 Å². The van der Waals surface area contributed by atoms with Crippen LogP contribution in [-0.2, 0) is 11.3 Å². The first-order valence-electron chi connectivity index (χ1n) is 12.1. The number of hydrogen-bond acceptors (Lipinski definition) is 3. The van der Waals surface area contributed by atoms with E-state index in [-0.39, 0.29) is 12.7 Å². The van der Waals surface area contributed by atoms with Crippen molar-refractivity contribution in [2.24, 2.45) is 5.11 Å². The Labute approximate surface area is 183 Å². The zero-order valence-corrected chi connectivity index (χ0v) is 19.1. The monoisotopic (exact) mass is 417 g/mol. The second-order valence-electron chi connectivity index (χ2n) is 8.32. The molecule has 1 N–H and O–H groups in total. The maximum Gasteiger partial charge on any atom is 0.0867 e. The van der Waals surface area contributed by atoms with Crippen LogP contribution < -0.4 is 0 Å². The molecule has 0 radical (unpaired) electrons. The molecule has 1 rings (SSSR count). The first-order valence-corrected chi connectivity index (χ1v) is 12.1. The zero-order valence-electron chi connectivity index (χ0n) is 19.1. The van der Waals surface area contributed by atoms with Crippen molar-refractivity contribution in [3.63, 3.8) is 0 Å². The highest BCUT2D eigenvalue weighted by molar-refractivity contribution is 5.13. The Morgan fingerprint density at radius 2 is 1.40 bits per heavy atom. The molecule has 170 valence electrons. The van der Waals surface area contributed by atoms with Gasteiger partial charge in [-0.2, -0.15) is 0 Å². The van der Waals surface area contributed by atoms with Crippen molar-refractivity contribution in [1.82, 2.24) is 0 Å². The highest BCUT2D eigenvalue weighted by Gasteiger charge is 2.20. The number of aliphatic hydroxyl groups is 1. The summed E-state index contributed by atoms with van der Waals surface area (Å²) in [7, 11) is 0. The number of nitrogens with zero attached hydrogens (tertiary/aromatic N) is 3. The molecular weight excluding hydrogens is 374 g/mol. The third-order valence-electron chi connectivity index (χ3n) is 5.72. The van der Waals surface area contributed by atoms with E-state index in [2.05, 4.69) is 16.9 Å². The van der Waals surface area contributed by atoms with Gasteiger partial charge in [-0.15, -0.1) is 0 Å². The van der Waals surface area contributed by atoms with Gasteiger partial charge in [0.2, 0.25) is 0 Å². The van der Waals surface area contributed by atoms with Crippen LogP contribution in [-0.4, -0.2) is 23.9 Å². The minimum absolute atomic E-state index is 0.179. The average molecular weight is 418 g/mol. The van der Waals surface area contributed by atoms with E-state index in [9.17, 15) is 5.11 Å². The van der Waals surface area contributed by atoms with Crippen molar-refractivity contribution < 1.29 is 9.84 Å². The van der Waals surface area contributed by atoms with Crippen LogP contribution in [0.15, 0.2) is 35.4 Å². The van der Waals surface area contributed by atoms with Gasteiger partial charge in [0, 0.05) is 4.91 Å². The summed E-state index contributed by atoms with van der Waals surface area (Å²) >= 11 is 0. The molecule has 0 heterocycles. The molecule has 0 unspecified atom stereocenters. The quantitative estimate of drug-likeness (QED) is 0.102.